The molecule has 7 nitrogen and oxygen atoms in total. The van der Waals surface area contributed by atoms with Crippen molar-refractivity contribution in [2.75, 3.05) is 11.5 Å². The fraction of sp³-hybridized carbons (Fsp3) is 0.125. The number of aromatic nitrogens is 1. The lowest BCUT2D eigenvalue weighted by Crippen LogP contribution is -2.29. The van der Waals surface area contributed by atoms with Crippen LogP contribution < -0.4 is 9.64 Å². The minimum Gasteiger partial charge on any atom is -0.507 e. The van der Waals surface area contributed by atoms with Gasteiger partial charge < -0.3 is 14.4 Å². The number of Topliss-reactive ketones (excluding diaryl/α,β-unsaturated/α-hetero) is 1. The summed E-state index contributed by atoms with van der Waals surface area (Å²) in [6.07, 6.45) is 1.61. The van der Waals surface area contributed by atoms with Gasteiger partial charge in [-0.1, -0.05) is 47.1 Å². The van der Waals surface area contributed by atoms with Crippen LogP contribution in [-0.4, -0.2) is 28.6 Å². The molecule has 9 heteroatoms. The number of ether oxygens (including phenoxy) is 1. The number of rotatable bonds is 6. The van der Waals surface area contributed by atoms with Crippen LogP contribution >= 0.6 is 23.2 Å². The van der Waals surface area contributed by atoms with Crippen molar-refractivity contribution in [1.29, 1.82) is 0 Å². The monoisotopic (exact) mass is 484 g/mol. The number of carbonyl (C=O) groups excluding carboxylic acids is 2. The highest BCUT2D eigenvalue weighted by Gasteiger charge is 2.48. The van der Waals surface area contributed by atoms with E-state index in [1.165, 1.54) is 11.0 Å². The summed E-state index contributed by atoms with van der Waals surface area (Å²) >= 11 is 12.3. The van der Waals surface area contributed by atoms with Crippen LogP contribution in [0.2, 0.25) is 10.0 Å². The van der Waals surface area contributed by atoms with Gasteiger partial charge in [-0.25, -0.2) is 0 Å². The molecule has 0 aliphatic carbocycles. The van der Waals surface area contributed by atoms with E-state index in [2.05, 4.69) is 11.7 Å². The predicted octanol–water partition coefficient (Wildman–Crippen LogP) is 5.48. The molecule has 0 bridgehead atoms. The fourth-order valence-electron chi connectivity index (χ4n) is 3.55. The Hall–Kier alpha value is -3.55. The van der Waals surface area contributed by atoms with Crippen molar-refractivity contribution in [2.45, 2.75) is 13.0 Å². The van der Waals surface area contributed by atoms with E-state index in [1.54, 1.807) is 55.5 Å². The summed E-state index contributed by atoms with van der Waals surface area (Å²) in [5.41, 5.74) is 0.691. The van der Waals surface area contributed by atoms with Crippen molar-refractivity contribution in [3.63, 3.8) is 0 Å². The number of anilines is 1. The first-order valence-corrected chi connectivity index (χ1v) is 10.6. The average Bonchev–Trinajstić information content (AvgIpc) is 3.34. The summed E-state index contributed by atoms with van der Waals surface area (Å²) in [5.74, 6) is -0.913. The van der Waals surface area contributed by atoms with Crippen LogP contribution in [0, 0.1) is 6.92 Å². The van der Waals surface area contributed by atoms with Crippen LogP contribution in [0.5, 0.6) is 5.75 Å². The highest BCUT2D eigenvalue weighted by Crippen LogP contribution is 2.43. The van der Waals surface area contributed by atoms with Crippen LogP contribution in [0.1, 0.15) is 22.9 Å². The molecule has 1 aliphatic heterocycles. The number of hydrogen-bond acceptors (Lipinski definition) is 6. The second-order valence-corrected chi connectivity index (χ2v) is 8.08. The van der Waals surface area contributed by atoms with E-state index in [9.17, 15) is 14.7 Å². The molecule has 4 rings (SSSR count). The molecule has 168 valence electrons. The van der Waals surface area contributed by atoms with Crippen molar-refractivity contribution in [2.24, 2.45) is 0 Å². The number of aryl methyl sites for hydroxylation is 1. The Morgan fingerprint density at radius 1 is 1.18 bits per heavy atom. The largest absolute Gasteiger partial charge is 0.507 e. The second-order valence-electron chi connectivity index (χ2n) is 7.26. The Labute approximate surface area is 199 Å². The van der Waals surface area contributed by atoms with Gasteiger partial charge in [0.25, 0.3) is 5.78 Å². The molecule has 1 saturated heterocycles. The number of benzene rings is 2. The number of aliphatic hydroxyl groups is 1. The van der Waals surface area contributed by atoms with E-state index in [0.29, 0.717) is 34.3 Å². The Kier molecular flexibility index (Phi) is 6.26. The van der Waals surface area contributed by atoms with E-state index in [-0.39, 0.29) is 22.2 Å². The SMILES string of the molecule is C=CCOc1ccc(C(O)=C2C(=O)C(=O)N(c3cc(C)on3)[C@@H]2c2ccc(Cl)c(Cl)c2)cc1. The molecule has 0 saturated carbocycles. The molecular formula is C24H18Cl2N2O5. The van der Waals surface area contributed by atoms with Crippen molar-refractivity contribution >= 4 is 46.5 Å². The number of carbonyl (C=O) groups is 2. The highest BCUT2D eigenvalue weighted by atomic mass is 35.5. The number of nitrogens with zero attached hydrogens (tertiary/aromatic N) is 2. The molecule has 2 heterocycles. The van der Waals surface area contributed by atoms with Gasteiger partial charge in [0.15, 0.2) is 5.82 Å². The van der Waals surface area contributed by atoms with Gasteiger partial charge in [-0.3, -0.25) is 14.5 Å². The van der Waals surface area contributed by atoms with Crippen LogP contribution in [0.4, 0.5) is 5.82 Å². The summed E-state index contributed by atoms with van der Waals surface area (Å²) in [6.45, 7) is 5.58. The second kappa shape index (κ2) is 9.13. The van der Waals surface area contributed by atoms with E-state index < -0.39 is 17.7 Å². The van der Waals surface area contributed by atoms with Crippen molar-refractivity contribution in [1.82, 2.24) is 5.16 Å². The van der Waals surface area contributed by atoms with E-state index in [1.807, 2.05) is 0 Å². The minimum absolute atomic E-state index is 0.112. The third kappa shape index (κ3) is 4.25. The lowest BCUT2D eigenvalue weighted by atomic mass is 9.95. The summed E-state index contributed by atoms with van der Waals surface area (Å²) in [5, 5.41) is 15.6. The molecule has 1 aliphatic rings. The van der Waals surface area contributed by atoms with Crippen molar-refractivity contribution < 1.29 is 24.0 Å². The number of aliphatic hydroxyl groups excluding tert-OH is 1. The quantitative estimate of drug-likeness (QED) is 0.215. The maximum atomic E-state index is 13.1. The summed E-state index contributed by atoms with van der Waals surface area (Å²) in [7, 11) is 0. The minimum atomic E-state index is -0.999. The smallest absolute Gasteiger partial charge is 0.301 e. The average molecular weight is 485 g/mol. The number of amides is 1. The molecule has 3 aromatic rings. The van der Waals surface area contributed by atoms with Crippen LogP contribution in [0.25, 0.3) is 5.76 Å². The zero-order valence-corrected chi connectivity index (χ0v) is 18.9. The molecule has 2 aromatic carbocycles. The molecule has 1 N–H and O–H groups in total. The summed E-state index contributed by atoms with van der Waals surface area (Å²) < 4.78 is 10.6. The maximum absolute atomic E-state index is 13.1. The lowest BCUT2D eigenvalue weighted by Gasteiger charge is -2.23. The van der Waals surface area contributed by atoms with E-state index in [0.717, 1.165) is 0 Å². The van der Waals surface area contributed by atoms with Gasteiger partial charge in [0.1, 0.15) is 23.9 Å². The van der Waals surface area contributed by atoms with Gasteiger partial charge in [0.2, 0.25) is 0 Å². The molecule has 1 fully saturated rings. The first-order chi connectivity index (χ1) is 15.8. The molecule has 1 atom stereocenters. The third-order valence-corrected chi connectivity index (χ3v) is 5.80. The molecule has 1 amide bonds. The summed E-state index contributed by atoms with van der Waals surface area (Å²) in [6, 6.07) is 11.7. The molecule has 33 heavy (non-hydrogen) atoms. The van der Waals surface area contributed by atoms with E-state index >= 15 is 0 Å². The fourth-order valence-corrected chi connectivity index (χ4v) is 3.86. The van der Waals surface area contributed by atoms with Crippen molar-refractivity contribution in [3.8, 4) is 5.75 Å². The van der Waals surface area contributed by atoms with Crippen LogP contribution in [-0.2, 0) is 9.59 Å². The summed E-state index contributed by atoms with van der Waals surface area (Å²) in [4.78, 5) is 27.3. The molecule has 1 aromatic heterocycles. The van der Waals surface area contributed by atoms with Gasteiger partial charge in [-0.2, -0.15) is 0 Å². The van der Waals surface area contributed by atoms with Gasteiger partial charge in [0.05, 0.1) is 21.7 Å². The normalized spacial score (nSPS) is 17.4. The van der Waals surface area contributed by atoms with Crippen LogP contribution in [0.3, 0.4) is 0 Å². The molecular weight excluding hydrogens is 467 g/mol. The zero-order valence-electron chi connectivity index (χ0n) is 17.4. The predicted molar refractivity (Wildman–Crippen MR) is 125 cm³/mol. The zero-order chi connectivity index (χ0) is 23.7. The standard InChI is InChI=1S/C24H18Cl2N2O5/c1-3-10-32-16-7-4-14(5-8-16)22(29)20-21(15-6-9-17(25)18(26)12-15)28(24(31)23(20)30)19-11-13(2)33-27-19/h3-9,11-12,21,29H,1,10H2,2H3/t21-/m1/s1. The van der Waals surface area contributed by atoms with Gasteiger partial charge >= 0.3 is 5.91 Å². The Morgan fingerprint density at radius 3 is 2.52 bits per heavy atom. The Balaban J connectivity index is 1.86. The maximum Gasteiger partial charge on any atom is 0.301 e. The first kappa shape index (κ1) is 22.6. The van der Waals surface area contributed by atoms with Gasteiger partial charge in [-0.05, 0) is 48.9 Å². The number of hydrogen-bond donors (Lipinski definition) is 1. The topological polar surface area (TPSA) is 92.9 Å². The van der Waals surface area contributed by atoms with Gasteiger partial charge in [-0.15, -0.1) is 0 Å². The van der Waals surface area contributed by atoms with Crippen molar-refractivity contribution in [3.05, 3.63) is 93.7 Å². The number of halogens is 2. The molecule has 0 radical (unpaired) electrons. The number of ketones is 1. The Bertz CT molecular complexity index is 1280. The van der Waals surface area contributed by atoms with E-state index in [4.69, 9.17) is 32.5 Å². The lowest BCUT2D eigenvalue weighted by molar-refractivity contribution is -0.132. The molecule has 0 unspecified atom stereocenters. The first-order valence-electron chi connectivity index (χ1n) is 9.85. The third-order valence-electron chi connectivity index (χ3n) is 5.06. The molecule has 0 spiro atoms. The highest BCUT2D eigenvalue weighted by molar-refractivity contribution is 6.51. The van der Waals surface area contributed by atoms with Gasteiger partial charge in [0, 0.05) is 11.6 Å². The Morgan fingerprint density at radius 2 is 1.91 bits per heavy atom. The van der Waals surface area contributed by atoms with Crippen LogP contribution in [0.15, 0.2) is 71.3 Å².